The third kappa shape index (κ3) is 2.88. The van der Waals surface area contributed by atoms with Crippen LogP contribution >= 0.6 is 0 Å². The van der Waals surface area contributed by atoms with Gasteiger partial charge >= 0.3 is 0 Å². The molecular weight excluding hydrogens is 322 g/mol. The first-order valence-corrected chi connectivity index (χ1v) is 9.19. The SMILES string of the molecule is C[S+](C)C(O)C[C@H]1O[C@@H](n2cnc3c(N)ncnc32)[C@H](O)[C@@H]1O. The normalized spacial score (nSPS) is 29.5. The number of hydrogen-bond acceptors (Lipinski definition) is 8. The molecule has 0 spiro atoms. The minimum absolute atomic E-state index is 0.229. The molecule has 1 aliphatic rings. The highest BCUT2D eigenvalue weighted by molar-refractivity contribution is 7.95. The quantitative estimate of drug-likeness (QED) is 0.498. The summed E-state index contributed by atoms with van der Waals surface area (Å²) in [4.78, 5) is 12.1. The predicted octanol–water partition coefficient (Wildman–Crippen LogP) is -1.39. The summed E-state index contributed by atoms with van der Waals surface area (Å²) in [6, 6.07) is 0. The molecule has 1 saturated heterocycles. The average molecular weight is 342 g/mol. The number of aromatic nitrogens is 4. The van der Waals surface area contributed by atoms with Crippen molar-refractivity contribution >= 4 is 27.9 Å². The van der Waals surface area contributed by atoms with E-state index in [9.17, 15) is 15.3 Å². The third-order valence-electron chi connectivity index (χ3n) is 3.98. The summed E-state index contributed by atoms with van der Waals surface area (Å²) in [5.41, 5.74) is 5.97. The van der Waals surface area contributed by atoms with Crippen molar-refractivity contribution in [2.45, 2.75) is 36.4 Å². The van der Waals surface area contributed by atoms with Gasteiger partial charge in [0.25, 0.3) is 0 Å². The molecule has 1 fully saturated rings. The monoisotopic (exact) mass is 342 g/mol. The summed E-state index contributed by atoms with van der Waals surface area (Å²) >= 11 is 0. The lowest BCUT2D eigenvalue weighted by molar-refractivity contribution is -0.0426. The molecule has 0 bridgehead atoms. The number of imidazole rings is 1. The highest BCUT2D eigenvalue weighted by Crippen LogP contribution is 2.34. The van der Waals surface area contributed by atoms with E-state index in [0.717, 1.165) is 0 Å². The highest BCUT2D eigenvalue weighted by Gasteiger charge is 2.46. The fraction of sp³-hybridized carbons (Fsp3) is 0.615. The van der Waals surface area contributed by atoms with E-state index in [0.29, 0.717) is 11.2 Å². The fourth-order valence-electron chi connectivity index (χ4n) is 2.60. The molecule has 5 atom stereocenters. The third-order valence-corrected chi connectivity index (χ3v) is 5.26. The number of nitrogens with two attached hydrogens (primary N) is 1. The number of nitrogens with zero attached hydrogens (tertiary/aromatic N) is 4. The maximum Gasteiger partial charge on any atom is 0.217 e. The first-order valence-electron chi connectivity index (χ1n) is 7.09. The van der Waals surface area contributed by atoms with E-state index in [4.69, 9.17) is 10.5 Å². The van der Waals surface area contributed by atoms with Crippen molar-refractivity contribution < 1.29 is 20.1 Å². The van der Waals surface area contributed by atoms with Crippen molar-refractivity contribution in [3.8, 4) is 0 Å². The number of hydrogen-bond donors (Lipinski definition) is 4. The van der Waals surface area contributed by atoms with Gasteiger partial charge in [0.1, 0.15) is 24.1 Å². The zero-order valence-electron chi connectivity index (χ0n) is 12.8. The Kier molecular flexibility index (Phi) is 4.43. The van der Waals surface area contributed by atoms with Crippen molar-refractivity contribution in [1.29, 1.82) is 0 Å². The Balaban J connectivity index is 1.87. The van der Waals surface area contributed by atoms with Gasteiger partial charge in [-0.1, -0.05) is 0 Å². The molecule has 0 aliphatic carbocycles. The minimum Gasteiger partial charge on any atom is -0.388 e. The van der Waals surface area contributed by atoms with E-state index in [1.807, 2.05) is 12.5 Å². The molecule has 5 N–H and O–H groups in total. The molecule has 3 heterocycles. The van der Waals surface area contributed by atoms with Crippen LogP contribution in [0.3, 0.4) is 0 Å². The molecule has 1 unspecified atom stereocenters. The molecule has 126 valence electrons. The summed E-state index contributed by atoms with van der Waals surface area (Å²) in [7, 11) is -0.229. The van der Waals surface area contributed by atoms with Crippen LogP contribution in [0, 0.1) is 0 Å². The first kappa shape index (κ1) is 16.4. The maximum absolute atomic E-state index is 10.3. The van der Waals surface area contributed by atoms with Crippen LogP contribution in [0.5, 0.6) is 0 Å². The summed E-state index contributed by atoms with van der Waals surface area (Å²) < 4.78 is 7.28. The Hall–Kier alpha value is -1.46. The van der Waals surface area contributed by atoms with Crippen LogP contribution in [0.1, 0.15) is 12.6 Å². The molecule has 9 nitrogen and oxygen atoms in total. The molecule has 0 aromatic carbocycles. The standard InChI is InChI=1S/C13H20N5O4S/c1-23(2)7(19)3-6-9(20)10(21)13(22-6)18-5-17-8-11(14)15-4-16-12(8)18/h4-7,9-10,13,19-21H,3H2,1-2H3,(H2,14,15,16)/q+1/t6-,7?,9-,10-,13-/m1/s1. The lowest BCUT2D eigenvalue weighted by Crippen LogP contribution is -2.34. The van der Waals surface area contributed by atoms with Crippen molar-refractivity contribution in [2.24, 2.45) is 0 Å². The van der Waals surface area contributed by atoms with Gasteiger partial charge in [-0.15, -0.1) is 0 Å². The van der Waals surface area contributed by atoms with Crippen LogP contribution in [0.15, 0.2) is 12.7 Å². The number of aliphatic hydroxyl groups excluding tert-OH is 3. The van der Waals surface area contributed by atoms with Crippen LogP contribution in [0.25, 0.3) is 11.2 Å². The van der Waals surface area contributed by atoms with E-state index in [-0.39, 0.29) is 23.1 Å². The Morgan fingerprint density at radius 2 is 2.04 bits per heavy atom. The van der Waals surface area contributed by atoms with Gasteiger partial charge in [0.15, 0.2) is 17.7 Å². The van der Waals surface area contributed by atoms with E-state index in [1.165, 1.54) is 17.2 Å². The van der Waals surface area contributed by atoms with Gasteiger partial charge in [-0.05, 0) is 0 Å². The zero-order chi connectivity index (χ0) is 16.7. The minimum atomic E-state index is -1.16. The van der Waals surface area contributed by atoms with E-state index >= 15 is 0 Å². The number of anilines is 1. The Morgan fingerprint density at radius 1 is 1.30 bits per heavy atom. The summed E-state index contributed by atoms with van der Waals surface area (Å²) in [5.74, 6) is 0.231. The molecule has 2 aromatic heterocycles. The van der Waals surface area contributed by atoms with Gasteiger partial charge in [-0.3, -0.25) is 4.57 Å². The van der Waals surface area contributed by atoms with Crippen molar-refractivity contribution in [3.05, 3.63) is 12.7 Å². The lowest BCUT2D eigenvalue weighted by Gasteiger charge is -2.17. The smallest absolute Gasteiger partial charge is 0.217 e. The van der Waals surface area contributed by atoms with Crippen molar-refractivity contribution in [3.63, 3.8) is 0 Å². The number of aliphatic hydroxyl groups is 3. The molecule has 10 heteroatoms. The largest absolute Gasteiger partial charge is 0.388 e. The van der Waals surface area contributed by atoms with Gasteiger partial charge in [0.05, 0.1) is 24.9 Å². The van der Waals surface area contributed by atoms with Gasteiger partial charge in [-0.25, -0.2) is 15.0 Å². The van der Waals surface area contributed by atoms with Crippen molar-refractivity contribution in [1.82, 2.24) is 19.5 Å². The molecule has 0 radical (unpaired) electrons. The summed E-state index contributed by atoms with van der Waals surface area (Å²) in [6.45, 7) is 0. The fourth-order valence-corrected chi connectivity index (χ4v) is 3.18. The lowest BCUT2D eigenvalue weighted by atomic mass is 10.1. The van der Waals surface area contributed by atoms with Crippen LogP contribution in [0.2, 0.25) is 0 Å². The predicted molar refractivity (Wildman–Crippen MR) is 85.5 cm³/mol. The first-order chi connectivity index (χ1) is 10.9. The zero-order valence-corrected chi connectivity index (χ0v) is 13.6. The van der Waals surface area contributed by atoms with Crippen LogP contribution in [-0.4, -0.2) is 71.1 Å². The number of rotatable bonds is 4. The van der Waals surface area contributed by atoms with E-state index in [1.54, 1.807) is 0 Å². The molecule has 3 rings (SSSR count). The molecule has 0 saturated carbocycles. The average Bonchev–Trinajstić information content (AvgIpc) is 3.05. The van der Waals surface area contributed by atoms with Gasteiger partial charge in [0.2, 0.25) is 5.44 Å². The maximum atomic E-state index is 10.3. The van der Waals surface area contributed by atoms with Crippen molar-refractivity contribution in [2.75, 3.05) is 18.2 Å². The number of nitrogen functional groups attached to an aromatic ring is 1. The summed E-state index contributed by atoms with van der Waals surface area (Å²) in [5, 5.41) is 30.5. The Bertz CT molecular complexity index is 696. The second kappa shape index (κ2) is 6.21. The Labute approximate surface area is 135 Å². The van der Waals surface area contributed by atoms with Gasteiger partial charge in [-0.2, -0.15) is 0 Å². The molecular formula is C13H20N5O4S+. The number of ether oxygens (including phenoxy) is 1. The second-order valence-corrected chi connectivity index (χ2v) is 8.00. The Morgan fingerprint density at radius 3 is 2.74 bits per heavy atom. The topological polar surface area (TPSA) is 140 Å². The molecule has 23 heavy (non-hydrogen) atoms. The van der Waals surface area contributed by atoms with Crippen LogP contribution in [0.4, 0.5) is 5.82 Å². The van der Waals surface area contributed by atoms with E-state index in [2.05, 4.69) is 15.0 Å². The number of fused-ring (bicyclic) bond motifs is 1. The van der Waals surface area contributed by atoms with Crippen LogP contribution in [-0.2, 0) is 15.6 Å². The summed E-state index contributed by atoms with van der Waals surface area (Å²) in [6.07, 6.45) is 3.02. The van der Waals surface area contributed by atoms with Crippen LogP contribution < -0.4 is 5.73 Å². The molecule has 2 aromatic rings. The van der Waals surface area contributed by atoms with E-state index < -0.39 is 30.0 Å². The molecule has 0 amide bonds. The van der Waals surface area contributed by atoms with Gasteiger partial charge in [0, 0.05) is 17.3 Å². The highest BCUT2D eigenvalue weighted by atomic mass is 32.2. The second-order valence-electron chi connectivity index (χ2n) is 5.70. The van der Waals surface area contributed by atoms with Gasteiger partial charge < -0.3 is 25.8 Å². The molecule has 1 aliphatic heterocycles.